The third-order valence-corrected chi connectivity index (χ3v) is 3.58. The molecule has 0 atom stereocenters. The molecule has 3 rings (SSSR count). The van der Waals surface area contributed by atoms with Crippen LogP contribution in [0.5, 0.6) is 0 Å². The van der Waals surface area contributed by atoms with Crippen LogP contribution < -0.4 is 4.90 Å². The zero-order chi connectivity index (χ0) is 15.7. The standard InChI is InChI=1S/C18H15FN2O/c1-12-10-16(15-11-13(19)8-9-17(15)20-12)18(22)21(2)14-6-4-3-5-7-14/h3-11H,1-2H3. The molecule has 110 valence electrons. The van der Waals surface area contributed by atoms with E-state index in [1.807, 2.05) is 37.3 Å². The summed E-state index contributed by atoms with van der Waals surface area (Å²) < 4.78 is 13.6. The van der Waals surface area contributed by atoms with Crippen molar-refractivity contribution in [3.8, 4) is 0 Å². The highest BCUT2D eigenvalue weighted by atomic mass is 19.1. The molecule has 2 aromatic carbocycles. The number of hydrogen-bond donors (Lipinski definition) is 0. The van der Waals surface area contributed by atoms with Crippen LogP contribution in [-0.4, -0.2) is 17.9 Å². The van der Waals surface area contributed by atoms with Gasteiger partial charge >= 0.3 is 0 Å². The number of pyridine rings is 1. The molecule has 3 nitrogen and oxygen atoms in total. The molecule has 0 aliphatic carbocycles. The Labute approximate surface area is 128 Å². The van der Waals surface area contributed by atoms with Gasteiger partial charge in [0.05, 0.1) is 11.1 Å². The highest BCUT2D eigenvalue weighted by Gasteiger charge is 2.17. The molecule has 0 spiro atoms. The Bertz CT molecular complexity index is 846. The predicted molar refractivity (Wildman–Crippen MR) is 85.6 cm³/mol. The summed E-state index contributed by atoms with van der Waals surface area (Å²) in [6, 6.07) is 15.3. The summed E-state index contributed by atoms with van der Waals surface area (Å²) in [4.78, 5) is 18.7. The number of carbonyl (C=O) groups is 1. The molecular formula is C18H15FN2O. The zero-order valence-electron chi connectivity index (χ0n) is 12.4. The molecule has 0 fully saturated rings. The number of rotatable bonds is 2. The minimum Gasteiger partial charge on any atom is -0.311 e. The predicted octanol–water partition coefficient (Wildman–Crippen LogP) is 3.96. The van der Waals surface area contributed by atoms with Crippen LogP contribution in [0.2, 0.25) is 0 Å². The van der Waals surface area contributed by atoms with E-state index in [0.29, 0.717) is 16.5 Å². The average Bonchev–Trinajstić information content (AvgIpc) is 2.54. The molecule has 3 aromatic rings. The lowest BCUT2D eigenvalue weighted by atomic mass is 10.1. The van der Waals surface area contributed by atoms with Crippen molar-refractivity contribution in [2.45, 2.75) is 6.92 Å². The van der Waals surface area contributed by atoms with Crippen molar-refractivity contribution in [2.24, 2.45) is 0 Å². The average molecular weight is 294 g/mol. The summed E-state index contributed by atoms with van der Waals surface area (Å²) in [5.74, 6) is -0.568. The summed E-state index contributed by atoms with van der Waals surface area (Å²) >= 11 is 0. The Morgan fingerprint density at radius 3 is 2.55 bits per heavy atom. The van der Waals surface area contributed by atoms with Crippen molar-refractivity contribution in [2.75, 3.05) is 11.9 Å². The number of benzene rings is 2. The molecular weight excluding hydrogens is 279 g/mol. The first-order chi connectivity index (χ1) is 10.6. The third-order valence-electron chi connectivity index (χ3n) is 3.58. The highest BCUT2D eigenvalue weighted by Crippen LogP contribution is 2.23. The van der Waals surface area contributed by atoms with Crippen LogP contribution >= 0.6 is 0 Å². The molecule has 1 amide bonds. The van der Waals surface area contributed by atoms with E-state index in [9.17, 15) is 9.18 Å². The van der Waals surface area contributed by atoms with E-state index in [2.05, 4.69) is 4.98 Å². The van der Waals surface area contributed by atoms with Gasteiger partial charge in [-0.05, 0) is 43.3 Å². The maximum atomic E-state index is 13.6. The molecule has 0 saturated heterocycles. The number of amides is 1. The minimum atomic E-state index is -0.380. The number of nitrogens with zero attached hydrogens (tertiary/aromatic N) is 2. The monoisotopic (exact) mass is 294 g/mol. The van der Waals surface area contributed by atoms with E-state index >= 15 is 0 Å². The Hall–Kier alpha value is -2.75. The minimum absolute atomic E-state index is 0.188. The molecule has 0 bridgehead atoms. The van der Waals surface area contributed by atoms with Gasteiger partial charge in [-0.15, -0.1) is 0 Å². The van der Waals surface area contributed by atoms with Crippen LogP contribution in [0.25, 0.3) is 10.9 Å². The molecule has 4 heteroatoms. The Balaban J connectivity index is 2.13. The number of fused-ring (bicyclic) bond motifs is 1. The maximum absolute atomic E-state index is 13.6. The molecule has 0 saturated carbocycles. The second-order valence-corrected chi connectivity index (χ2v) is 5.17. The van der Waals surface area contributed by atoms with Gasteiger partial charge in [-0.25, -0.2) is 4.39 Å². The largest absolute Gasteiger partial charge is 0.311 e. The normalized spacial score (nSPS) is 10.7. The highest BCUT2D eigenvalue weighted by molar-refractivity contribution is 6.13. The first-order valence-corrected chi connectivity index (χ1v) is 6.96. The lowest BCUT2D eigenvalue weighted by Gasteiger charge is -2.18. The lowest BCUT2D eigenvalue weighted by molar-refractivity contribution is 0.0994. The number of halogens is 1. The second-order valence-electron chi connectivity index (χ2n) is 5.17. The number of aromatic nitrogens is 1. The quantitative estimate of drug-likeness (QED) is 0.717. The van der Waals surface area contributed by atoms with Crippen LogP contribution in [0.3, 0.4) is 0 Å². The van der Waals surface area contributed by atoms with Crippen LogP contribution in [0.1, 0.15) is 16.1 Å². The number of hydrogen-bond acceptors (Lipinski definition) is 2. The summed E-state index contributed by atoms with van der Waals surface area (Å²) in [5.41, 5.74) is 2.58. The van der Waals surface area contributed by atoms with E-state index in [1.165, 1.54) is 12.1 Å². The Morgan fingerprint density at radius 2 is 1.82 bits per heavy atom. The van der Waals surface area contributed by atoms with Crippen molar-refractivity contribution >= 4 is 22.5 Å². The molecule has 0 unspecified atom stereocenters. The van der Waals surface area contributed by atoms with Gasteiger partial charge in [-0.3, -0.25) is 9.78 Å². The lowest BCUT2D eigenvalue weighted by Crippen LogP contribution is -2.26. The first-order valence-electron chi connectivity index (χ1n) is 6.96. The number of para-hydroxylation sites is 1. The fraction of sp³-hybridized carbons (Fsp3) is 0.111. The fourth-order valence-corrected chi connectivity index (χ4v) is 2.46. The number of anilines is 1. The van der Waals surface area contributed by atoms with Crippen LogP contribution in [0.4, 0.5) is 10.1 Å². The molecule has 22 heavy (non-hydrogen) atoms. The van der Waals surface area contributed by atoms with Gasteiger partial charge in [0.2, 0.25) is 0 Å². The van der Waals surface area contributed by atoms with Crippen molar-refractivity contribution < 1.29 is 9.18 Å². The topological polar surface area (TPSA) is 33.2 Å². The van der Waals surface area contributed by atoms with E-state index in [4.69, 9.17) is 0 Å². The number of aryl methyl sites for hydroxylation is 1. The molecule has 0 radical (unpaired) electrons. The van der Waals surface area contributed by atoms with E-state index in [1.54, 1.807) is 24.1 Å². The fourth-order valence-electron chi connectivity index (χ4n) is 2.46. The zero-order valence-corrected chi connectivity index (χ0v) is 12.4. The summed E-state index contributed by atoms with van der Waals surface area (Å²) in [5, 5.41) is 0.526. The Kier molecular flexibility index (Phi) is 3.59. The molecule has 1 aromatic heterocycles. The SMILES string of the molecule is Cc1cc(C(=O)N(C)c2ccccc2)c2cc(F)ccc2n1. The van der Waals surface area contributed by atoms with Gasteiger partial charge in [-0.1, -0.05) is 18.2 Å². The Morgan fingerprint density at radius 1 is 1.09 bits per heavy atom. The van der Waals surface area contributed by atoms with Crippen LogP contribution in [0.15, 0.2) is 54.6 Å². The van der Waals surface area contributed by atoms with E-state index < -0.39 is 0 Å². The van der Waals surface area contributed by atoms with Crippen molar-refractivity contribution in [3.05, 3.63) is 71.7 Å². The third kappa shape index (κ3) is 2.55. The van der Waals surface area contributed by atoms with Gasteiger partial charge < -0.3 is 4.90 Å². The molecule has 0 aliphatic heterocycles. The smallest absolute Gasteiger partial charge is 0.258 e. The maximum Gasteiger partial charge on any atom is 0.258 e. The van der Waals surface area contributed by atoms with Crippen molar-refractivity contribution in [1.29, 1.82) is 0 Å². The summed E-state index contributed by atoms with van der Waals surface area (Å²) in [7, 11) is 1.71. The second kappa shape index (κ2) is 5.56. The van der Waals surface area contributed by atoms with E-state index in [0.717, 1.165) is 11.4 Å². The van der Waals surface area contributed by atoms with E-state index in [-0.39, 0.29) is 11.7 Å². The summed E-state index contributed by atoms with van der Waals surface area (Å²) in [6.45, 7) is 1.82. The van der Waals surface area contributed by atoms with Gasteiger partial charge in [0.15, 0.2) is 0 Å². The van der Waals surface area contributed by atoms with Crippen molar-refractivity contribution in [3.63, 3.8) is 0 Å². The van der Waals surface area contributed by atoms with Crippen molar-refractivity contribution in [1.82, 2.24) is 4.98 Å². The van der Waals surface area contributed by atoms with Gasteiger partial charge in [-0.2, -0.15) is 0 Å². The van der Waals surface area contributed by atoms with Crippen LogP contribution in [0, 0.1) is 12.7 Å². The first kappa shape index (κ1) is 14.2. The molecule has 0 N–H and O–H groups in total. The molecule has 1 heterocycles. The number of carbonyl (C=O) groups excluding carboxylic acids is 1. The molecule has 0 aliphatic rings. The summed E-state index contributed by atoms with van der Waals surface area (Å²) in [6.07, 6.45) is 0. The van der Waals surface area contributed by atoms with Crippen LogP contribution in [-0.2, 0) is 0 Å². The van der Waals surface area contributed by atoms with Gasteiger partial charge in [0.25, 0.3) is 5.91 Å². The van der Waals surface area contributed by atoms with Gasteiger partial charge in [0, 0.05) is 23.8 Å². The van der Waals surface area contributed by atoms with Gasteiger partial charge in [0.1, 0.15) is 5.82 Å².